The van der Waals surface area contributed by atoms with Gasteiger partial charge in [-0.25, -0.2) is 4.79 Å². The number of hydrogen-bond acceptors (Lipinski definition) is 2. The zero-order chi connectivity index (χ0) is 16.9. The van der Waals surface area contributed by atoms with Crippen LogP contribution < -0.4 is 5.32 Å². The van der Waals surface area contributed by atoms with Gasteiger partial charge in [0.15, 0.2) is 0 Å². The van der Waals surface area contributed by atoms with Crippen LogP contribution in [0.1, 0.15) is 36.9 Å². The second kappa shape index (κ2) is 7.47. The summed E-state index contributed by atoms with van der Waals surface area (Å²) in [6.07, 6.45) is 6.84. The van der Waals surface area contributed by atoms with Crippen LogP contribution in [0.3, 0.4) is 0 Å². The van der Waals surface area contributed by atoms with E-state index in [1.165, 1.54) is 18.4 Å². The Morgan fingerprint density at radius 1 is 1.21 bits per heavy atom. The molecule has 1 aromatic heterocycles. The maximum absolute atomic E-state index is 12.7. The molecule has 0 saturated heterocycles. The molecule has 1 aliphatic carbocycles. The maximum atomic E-state index is 12.7. The molecular formula is C20H25N3O. The third kappa shape index (κ3) is 4.13. The van der Waals surface area contributed by atoms with Crippen LogP contribution in [0.15, 0.2) is 54.9 Å². The standard InChI is InChI=1S/C20H25N3O/c1-15(17-10-12-21-13-11-17)23(2)20(24)22-19(18-8-9-18)14-16-6-4-3-5-7-16/h3-7,10-13,15,18-19H,8-9,14H2,1-2H3,(H,22,24)/t15-,19-/m1/s1. The third-order valence-electron chi connectivity index (χ3n) is 4.89. The first-order valence-electron chi connectivity index (χ1n) is 8.62. The molecule has 1 aromatic carbocycles. The van der Waals surface area contributed by atoms with E-state index in [9.17, 15) is 4.79 Å². The Labute approximate surface area is 143 Å². The van der Waals surface area contributed by atoms with Gasteiger partial charge >= 0.3 is 6.03 Å². The fraction of sp³-hybridized carbons (Fsp3) is 0.400. The van der Waals surface area contributed by atoms with E-state index in [1.54, 1.807) is 17.3 Å². The molecule has 0 radical (unpaired) electrons. The van der Waals surface area contributed by atoms with Crippen LogP contribution in [0.5, 0.6) is 0 Å². The lowest BCUT2D eigenvalue weighted by Crippen LogP contribution is -2.45. The van der Waals surface area contributed by atoms with Gasteiger partial charge in [-0.15, -0.1) is 0 Å². The van der Waals surface area contributed by atoms with Crippen molar-refractivity contribution in [2.75, 3.05) is 7.05 Å². The Bertz CT molecular complexity index is 655. The van der Waals surface area contributed by atoms with E-state index in [0.717, 1.165) is 12.0 Å². The van der Waals surface area contributed by atoms with Crippen molar-refractivity contribution in [1.82, 2.24) is 15.2 Å². The summed E-state index contributed by atoms with van der Waals surface area (Å²) in [5.74, 6) is 0.610. The van der Waals surface area contributed by atoms with Gasteiger partial charge in [-0.2, -0.15) is 0 Å². The molecule has 2 aromatic rings. The monoisotopic (exact) mass is 323 g/mol. The van der Waals surface area contributed by atoms with Gasteiger partial charge in [-0.1, -0.05) is 30.3 Å². The number of urea groups is 1. The van der Waals surface area contributed by atoms with E-state index in [4.69, 9.17) is 0 Å². The predicted octanol–water partition coefficient (Wildman–Crippen LogP) is 3.81. The summed E-state index contributed by atoms with van der Waals surface area (Å²) in [5.41, 5.74) is 2.37. The third-order valence-corrected chi connectivity index (χ3v) is 4.89. The summed E-state index contributed by atoms with van der Waals surface area (Å²) in [6, 6.07) is 14.5. The van der Waals surface area contributed by atoms with Crippen molar-refractivity contribution in [3.63, 3.8) is 0 Å². The summed E-state index contributed by atoms with van der Waals surface area (Å²) in [5, 5.41) is 3.25. The van der Waals surface area contributed by atoms with E-state index in [0.29, 0.717) is 5.92 Å². The van der Waals surface area contributed by atoms with Crippen molar-refractivity contribution in [2.24, 2.45) is 5.92 Å². The molecule has 3 rings (SSSR count). The first kappa shape index (κ1) is 16.5. The highest BCUT2D eigenvalue weighted by molar-refractivity contribution is 5.75. The zero-order valence-corrected chi connectivity index (χ0v) is 14.4. The van der Waals surface area contributed by atoms with Gasteiger partial charge < -0.3 is 10.2 Å². The Balaban J connectivity index is 1.63. The first-order valence-corrected chi connectivity index (χ1v) is 8.62. The second-order valence-electron chi connectivity index (χ2n) is 6.65. The molecule has 126 valence electrons. The molecule has 4 nitrogen and oxygen atoms in total. The fourth-order valence-corrected chi connectivity index (χ4v) is 3.00. The summed E-state index contributed by atoms with van der Waals surface area (Å²) < 4.78 is 0. The van der Waals surface area contributed by atoms with Crippen LogP contribution in [0.4, 0.5) is 4.79 Å². The molecule has 0 spiro atoms. The molecule has 0 unspecified atom stereocenters. The molecule has 2 amide bonds. The molecule has 1 fully saturated rings. The Hall–Kier alpha value is -2.36. The number of pyridine rings is 1. The molecule has 0 aliphatic heterocycles. The highest BCUT2D eigenvalue weighted by Crippen LogP contribution is 2.34. The molecule has 4 heteroatoms. The molecular weight excluding hydrogens is 298 g/mol. The quantitative estimate of drug-likeness (QED) is 0.878. The van der Waals surface area contributed by atoms with Crippen molar-refractivity contribution in [1.29, 1.82) is 0 Å². The minimum Gasteiger partial charge on any atom is -0.335 e. The molecule has 2 atom stereocenters. The van der Waals surface area contributed by atoms with Crippen molar-refractivity contribution in [2.45, 2.75) is 38.3 Å². The fourth-order valence-electron chi connectivity index (χ4n) is 3.00. The number of carbonyl (C=O) groups excluding carboxylic acids is 1. The highest BCUT2D eigenvalue weighted by Gasteiger charge is 2.33. The van der Waals surface area contributed by atoms with Crippen molar-refractivity contribution < 1.29 is 4.79 Å². The molecule has 1 heterocycles. The van der Waals surface area contributed by atoms with E-state index >= 15 is 0 Å². The highest BCUT2D eigenvalue weighted by atomic mass is 16.2. The summed E-state index contributed by atoms with van der Waals surface area (Å²) in [4.78, 5) is 18.5. The van der Waals surface area contributed by atoms with Crippen molar-refractivity contribution in [3.05, 3.63) is 66.0 Å². The lowest BCUT2D eigenvalue weighted by Gasteiger charge is -2.28. The van der Waals surface area contributed by atoms with E-state index in [-0.39, 0.29) is 18.1 Å². The number of amides is 2. The van der Waals surface area contributed by atoms with E-state index in [2.05, 4.69) is 34.6 Å². The van der Waals surface area contributed by atoms with Crippen LogP contribution in [0.2, 0.25) is 0 Å². The van der Waals surface area contributed by atoms with Crippen molar-refractivity contribution >= 4 is 6.03 Å². The average Bonchev–Trinajstić information content (AvgIpc) is 3.46. The number of benzene rings is 1. The van der Waals surface area contributed by atoms with Crippen molar-refractivity contribution in [3.8, 4) is 0 Å². The lowest BCUT2D eigenvalue weighted by molar-refractivity contribution is 0.188. The van der Waals surface area contributed by atoms with Crippen LogP contribution in [-0.4, -0.2) is 29.0 Å². The number of nitrogens with one attached hydrogen (secondary N) is 1. The number of carbonyl (C=O) groups is 1. The molecule has 1 N–H and O–H groups in total. The van der Waals surface area contributed by atoms with E-state index < -0.39 is 0 Å². The van der Waals surface area contributed by atoms with Crippen LogP contribution >= 0.6 is 0 Å². The second-order valence-corrected chi connectivity index (χ2v) is 6.65. The van der Waals surface area contributed by atoms with Crippen LogP contribution in [0, 0.1) is 5.92 Å². The smallest absolute Gasteiger partial charge is 0.317 e. The predicted molar refractivity (Wildman–Crippen MR) is 95.6 cm³/mol. The summed E-state index contributed by atoms with van der Waals surface area (Å²) in [6.45, 7) is 2.04. The molecule has 24 heavy (non-hydrogen) atoms. The minimum absolute atomic E-state index is 0.00727. The number of nitrogens with zero attached hydrogens (tertiary/aromatic N) is 2. The summed E-state index contributed by atoms with van der Waals surface area (Å²) >= 11 is 0. The summed E-state index contributed by atoms with van der Waals surface area (Å²) in [7, 11) is 1.85. The van der Waals surface area contributed by atoms with E-state index in [1.807, 2.05) is 32.2 Å². The Morgan fingerprint density at radius 3 is 2.50 bits per heavy atom. The maximum Gasteiger partial charge on any atom is 0.317 e. The largest absolute Gasteiger partial charge is 0.335 e. The average molecular weight is 323 g/mol. The molecule has 1 aliphatic rings. The molecule has 1 saturated carbocycles. The normalized spacial score (nSPS) is 16.2. The SMILES string of the molecule is C[C@H](c1ccncc1)N(C)C(=O)N[C@H](Cc1ccccc1)C1CC1. The zero-order valence-electron chi connectivity index (χ0n) is 14.4. The van der Waals surface area contributed by atoms with Gasteiger partial charge in [0.05, 0.1) is 6.04 Å². The Morgan fingerprint density at radius 2 is 1.88 bits per heavy atom. The van der Waals surface area contributed by atoms with Crippen LogP contribution in [0.25, 0.3) is 0 Å². The number of rotatable bonds is 6. The van der Waals surface area contributed by atoms with Gasteiger partial charge in [0.25, 0.3) is 0 Å². The van der Waals surface area contributed by atoms with Gasteiger partial charge in [-0.05, 0) is 55.4 Å². The van der Waals surface area contributed by atoms with Gasteiger partial charge in [-0.3, -0.25) is 4.98 Å². The Kier molecular flexibility index (Phi) is 5.14. The topological polar surface area (TPSA) is 45.2 Å². The minimum atomic E-state index is -0.00727. The van der Waals surface area contributed by atoms with Gasteiger partial charge in [0.2, 0.25) is 0 Å². The van der Waals surface area contributed by atoms with Gasteiger partial charge in [0.1, 0.15) is 0 Å². The molecule has 0 bridgehead atoms. The number of aromatic nitrogens is 1. The lowest BCUT2D eigenvalue weighted by atomic mass is 10.0. The first-order chi connectivity index (χ1) is 11.6. The van der Waals surface area contributed by atoms with Gasteiger partial charge in [0, 0.05) is 25.5 Å². The number of hydrogen-bond donors (Lipinski definition) is 1. The van der Waals surface area contributed by atoms with Crippen LogP contribution in [-0.2, 0) is 6.42 Å².